The highest BCUT2D eigenvalue weighted by molar-refractivity contribution is 14.1. The van der Waals surface area contributed by atoms with Crippen LogP contribution in [-0.4, -0.2) is 4.43 Å². The largest absolute Gasteiger partial charge is 0.0861 e. The van der Waals surface area contributed by atoms with Crippen molar-refractivity contribution in [2.24, 2.45) is 23.7 Å². The maximum atomic E-state index is 2.55. The van der Waals surface area contributed by atoms with Crippen LogP contribution in [0, 0.1) is 23.7 Å². The highest BCUT2D eigenvalue weighted by Gasteiger charge is 2.36. The quantitative estimate of drug-likeness (QED) is 0.527. The fraction of sp³-hybridized carbons (Fsp3) is 1.00. The van der Waals surface area contributed by atoms with Crippen LogP contribution >= 0.6 is 22.6 Å². The molecule has 0 amide bonds. The van der Waals surface area contributed by atoms with Gasteiger partial charge in [-0.3, -0.25) is 0 Å². The number of alkyl halides is 1. The number of halogens is 1. The molecule has 0 aromatic carbocycles. The molecule has 0 N–H and O–H groups in total. The van der Waals surface area contributed by atoms with Crippen molar-refractivity contribution >= 4 is 22.6 Å². The topological polar surface area (TPSA) is 0 Å². The van der Waals surface area contributed by atoms with Crippen molar-refractivity contribution < 1.29 is 0 Å². The molecule has 0 spiro atoms. The van der Waals surface area contributed by atoms with Crippen LogP contribution in [-0.2, 0) is 0 Å². The molecule has 0 saturated heterocycles. The van der Waals surface area contributed by atoms with Crippen molar-refractivity contribution in [3.8, 4) is 0 Å². The summed E-state index contributed by atoms with van der Waals surface area (Å²) in [5.41, 5.74) is 0. The van der Waals surface area contributed by atoms with E-state index < -0.39 is 0 Å². The van der Waals surface area contributed by atoms with Crippen LogP contribution in [0.4, 0.5) is 0 Å². The summed E-state index contributed by atoms with van der Waals surface area (Å²) in [4.78, 5) is 0. The molecule has 0 radical (unpaired) electrons. The fourth-order valence-electron chi connectivity index (χ4n) is 2.75. The SMILES string of the molecule is CC[C@H]1[C@H](CI)[C@H](C)C[C@@H]1C. The van der Waals surface area contributed by atoms with E-state index in [4.69, 9.17) is 0 Å². The van der Waals surface area contributed by atoms with Gasteiger partial charge in [-0.15, -0.1) is 0 Å². The maximum absolute atomic E-state index is 2.55. The van der Waals surface area contributed by atoms with Gasteiger partial charge in [0.2, 0.25) is 0 Å². The molecule has 1 aliphatic rings. The monoisotopic (exact) mass is 266 g/mol. The normalized spacial score (nSPS) is 44.7. The second kappa shape index (κ2) is 4.11. The van der Waals surface area contributed by atoms with E-state index in [2.05, 4.69) is 43.4 Å². The first-order chi connectivity index (χ1) is 5.20. The van der Waals surface area contributed by atoms with Crippen molar-refractivity contribution in [2.45, 2.75) is 33.6 Å². The number of hydrogen-bond donors (Lipinski definition) is 0. The first kappa shape index (κ1) is 9.82. The molecule has 0 aliphatic heterocycles. The Labute approximate surface area is 84.3 Å². The molecular formula is C10H19I. The van der Waals surface area contributed by atoms with Crippen molar-refractivity contribution in [3.05, 3.63) is 0 Å². The first-order valence-corrected chi connectivity index (χ1v) is 6.29. The lowest BCUT2D eigenvalue weighted by Gasteiger charge is -2.20. The lowest BCUT2D eigenvalue weighted by atomic mass is 9.88. The van der Waals surface area contributed by atoms with Gasteiger partial charge in [-0.05, 0) is 30.1 Å². The minimum Gasteiger partial charge on any atom is -0.0861 e. The second-order valence-corrected chi connectivity index (χ2v) is 4.96. The summed E-state index contributed by atoms with van der Waals surface area (Å²) in [6.45, 7) is 7.20. The van der Waals surface area contributed by atoms with Gasteiger partial charge in [0.15, 0.2) is 0 Å². The first-order valence-electron chi connectivity index (χ1n) is 4.76. The third-order valence-corrected chi connectivity index (χ3v) is 4.42. The zero-order valence-corrected chi connectivity index (χ0v) is 9.97. The Kier molecular flexibility index (Phi) is 3.66. The van der Waals surface area contributed by atoms with Crippen molar-refractivity contribution in [3.63, 3.8) is 0 Å². The van der Waals surface area contributed by atoms with Crippen LogP contribution in [0.2, 0.25) is 0 Å². The van der Waals surface area contributed by atoms with E-state index in [1.54, 1.807) is 0 Å². The average molecular weight is 266 g/mol. The van der Waals surface area contributed by atoms with E-state index in [1.807, 2.05) is 0 Å². The standard InChI is InChI=1S/C10H19I/c1-4-9-7(2)5-8(3)10(9)6-11/h7-10H,4-6H2,1-3H3/t7-,8+,9+,10+/m0/s1. The summed E-state index contributed by atoms with van der Waals surface area (Å²) in [5.74, 6) is 3.99. The Bertz CT molecular complexity index is 108. The molecule has 1 fully saturated rings. The molecule has 0 bridgehead atoms. The minimum absolute atomic E-state index is 0.979. The van der Waals surface area contributed by atoms with Crippen LogP contribution in [0.15, 0.2) is 0 Å². The van der Waals surface area contributed by atoms with Gasteiger partial charge in [-0.25, -0.2) is 0 Å². The van der Waals surface area contributed by atoms with E-state index in [0.717, 1.165) is 23.7 Å². The Morgan fingerprint density at radius 2 is 1.73 bits per heavy atom. The predicted octanol–water partition coefficient (Wildman–Crippen LogP) is 3.74. The zero-order chi connectivity index (χ0) is 8.43. The van der Waals surface area contributed by atoms with Crippen molar-refractivity contribution in [1.29, 1.82) is 0 Å². The number of rotatable bonds is 2. The highest BCUT2D eigenvalue weighted by atomic mass is 127. The molecule has 0 aromatic rings. The molecule has 11 heavy (non-hydrogen) atoms. The van der Waals surface area contributed by atoms with Gasteiger partial charge in [0.1, 0.15) is 0 Å². The average Bonchev–Trinajstić information content (AvgIpc) is 2.24. The molecule has 1 aliphatic carbocycles. The maximum Gasteiger partial charge on any atom is 0.00289 e. The van der Waals surface area contributed by atoms with Gasteiger partial charge in [0.25, 0.3) is 0 Å². The van der Waals surface area contributed by atoms with Gasteiger partial charge >= 0.3 is 0 Å². The summed E-state index contributed by atoms with van der Waals surface area (Å²) in [7, 11) is 0. The molecule has 66 valence electrons. The molecule has 4 atom stereocenters. The van der Waals surface area contributed by atoms with Crippen molar-refractivity contribution in [1.82, 2.24) is 0 Å². The molecule has 0 heterocycles. The van der Waals surface area contributed by atoms with Crippen LogP contribution in [0.1, 0.15) is 33.6 Å². The van der Waals surface area contributed by atoms with Crippen LogP contribution in [0.5, 0.6) is 0 Å². The summed E-state index contributed by atoms with van der Waals surface area (Å²) in [6.07, 6.45) is 2.85. The Morgan fingerprint density at radius 3 is 2.09 bits per heavy atom. The summed E-state index contributed by atoms with van der Waals surface area (Å²) in [6, 6.07) is 0. The molecule has 0 nitrogen and oxygen atoms in total. The predicted molar refractivity (Wildman–Crippen MR) is 59.1 cm³/mol. The van der Waals surface area contributed by atoms with Gasteiger partial charge in [0.05, 0.1) is 0 Å². The fourth-order valence-corrected chi connectivity index (χ4v) is 4.27. The minimum atomic E-state index is 0.979. The second-order valence-electron chi connectivity index (χ2n) is 4.08. The third-order valence-electron chi connectivity index (χ3n) is 3.40. The van der Waals surface area contributed by atoms with Crippen LogP contribution in [0.25, 0.3) is 0 Å². The zero-order valence-electron chi connectivity index (χ0n) is 7.81. The molecule has 0 unspecified atom stereocenters. The van der Waals surface area contributed by atoms with Gasteiger partial charge in [-0.2, -0.15) is 0 Å². The summed E-state index contributed by atoms with van der Waals surface area (Å²) >= 11 is 2.55. The lowest BCUT2D eigenvalue weighted by molar-refractivity contribution is 0.322. The molecule has 1 heteroatoms. The Balaban J connectivity index is 2.59. The lowest BCUT2D eigenvalue weighted by Crippen LogP contribution is -2.16. The van der Waals surface area contributed by atoms with E-state index in [-0.39, 0.29) is 0 Å². The Morgan fingerprint density at radius 1 is 1.18 bits per heavy atom. The summed E-state index contributed by atoms with van der Waals surface area (Å²) in [5, 5.41) is 0. The highest BCUT2D eigenvalue weighted by Crippen LogP contribution is 2.43. The van der Waals surface area contributed by atoms with Crippen LogP contribution in [0.3, 0.4) is 0 Å². The Hall–Kier alpha value is 0.730. The van der Waals surface area contributed by atoms with Crippen molar-refractivity contribution in [2.75, 3.05) is 4.43 Å². The van der Waals surface area contributed by atoms with E-state index in [0.29, 0.717) is 0 Å². The van der Waals surface area contributed by atoms with Gasteiger partial charge in [-0.1, -0.05) is 49.8 Å². The smallest absolute Gasteiger partial charge is 0.00289 e. The van der Waals surface area contributed by atoms with E-state index >= 15 is 0 Å². The van der Waals surface area contributed by atoms with Gasteiger partial charge in [0, 0.05) is 4.43 Å². The molecule has 0 aromatic heterocycles. The van der Waals surface area contributed by atoms with E-state index in [9.17, 15) is 0 Å². The number of hydrogen-bond acceptors (Lipinski definition) is 0. The molecular weight excluding hydrogens is 247 g/mol. The third kappa shape index (κ3) is 1.90. The molecule has 1 rings (SSSR count). The van der Waals surface area contributed by atoms with E-state index in [1.165, 1.54) is 17.3 Å². The molecule has 1 saturated carbocycles. The van der Waals surface area contributed by atoms with Crippen LogP contribution < -0.4 is 0 Å². The van der Waals surface area contributed by atoms with Gasteiger partial charge < -0.3 is 0 Å². The summed E-state index contributed by atoms with van der Waals surface area (Å²) < 4.78 is 1.36.